The standard InChI is InChI=1S/C15H19NO2/c1-9(2)18-15-14-10(3)6-5-7-12(14)8-13(16-15)11(4)17/h5-9,11,17H,1-4H3. The van der Waals surface area contributed by atoms with Crippen molar-refractivity contribution in [1.82, 2.24) is 4.98 Å². The maximum Gasteiger partial charge on any atom is 0.222 e. The second-order valence-electron chi connectivity index (χ2n) is 4.87. The van der Waals surface area contributed by atoms with E-state index >= 15 is 0 Å². The molecule has 0 aliphatic rings. The van der Waals surface area contributed by atoms with Crippen molar-refractivity contribution in [3.8, 4) is 5.88 Å². The Morgan fingerprint density at radius 1 is 1.22 bits per heavy atom. The Kier molecular flexibility index (Phi) is 3.53. The molecule has 1 heterocycles. The van der Waals surface area contributed by atoms with Crippen LogP contribution in [0.5, 0.6) is 5.88 Å². The summed E-state index contributed by atoms with van der Waals surface area (Å²) in [5.74, 6) is 0.608. The smallest absolute Gasteiger partial charge is 0.222 e. The van der Waals surface area contributed by atoms with Gasteiger partial charge in [0.05, 0.1) is 17.9 Å². The topological polar surface area (TPSA) is 42.4 Å². The molecule has 0 spiro atoms. The van der Waals surface area contributed by atoms with E-state index in [1.54, 1.807) is 6.92 Å². The largest absolute Gasteiger partial charge is 0.474 e. The lowest BCUT2D eigenvalue weighted by molar-refractivity contribution is 0.189. The fourth-order valence-electron chi connectivity index (χ4n) is 1.99. The molecule has 1 atom stereocenters. The molecule has 0 fully saturated rings. The lowest BCUT2D eigenvalue weighted by Gasteiger charge is -2.15. The normalized spacial score (nSPS) is 13.0. The summed E-state index contributed by atoms with van der Waals surface area (Å²) in [6.45, 7) is 7.70. The highest BCUT2D eigenvalue weighted by Gasteiger charge is 2.13. The van der Waals surface area contributed by atoms with Crippen molar-refractivity contribution in [3.05, 3.63) is 35.5 Å². The van der Waals surface area contributed by atoms with Gasteiger partial charge in [-0.3, -0.25) is 0 Å². The van der Waals surface area contributed by atoms with Gasteiger partial charge in [-0.15, -0.1) is 0 Å². The fourth-order valence-corrected chi connectivity index (χ4v) is 1.99. The zero-order valence-electron chi connectivity index (χ0n) is 11.3. The molecule has 3 nitrogen and oxygen atoms in total. The third-order valence-corrected chi connectivity index (χ3v) is 2.83. The first-order valence-electron chi connectivity index (χ1n) is 6.24. The number of aromatic nitrogens is 1. The van der Waals surface area contributed by atoms with Crippen LogP contribution >= 0.6 is 0 Å². The molecule has 3 heteroatoms. The zero-order chi connectivity index (χ0) is 13.3. The summed E-state index contributed by atoms with van der Waals surface area (Å²) >= 11 is 0. The van der Waals surface area contributed by atoms with E-state index in [-0.39, 0.29) is 6.10 Å². The van der Waals surface area contributed by atoms with Gasteiger partial charge in [0.15, 0.2) is 0 Å². The third kappa shape index (κ3) is 2.46. The van der Waals surface area contributed by atoms with E-state index in [0.717, 1.165) is 16.3 Å². The van der Waals surface area contributed by atoms with Gasteiger partial charge in [0, 0.05) is 5.39 Å². The number of ether oxygens (including phenoxy) is 1. The van der Waals surface area contributed by atoms with E-state index in [1.165, 1.54) is 0 Å². The Balaban J connectivity index is 2.69. The van der Waals surface area contributed by atoms with Gasteiger partial charge in [-0.2, -0.15) is 0 Å². The van der Waals surface area contributed by atoms with E-state index in [2.05, 4.69) is 4.98 Å². The molecule has 1 aromatic heterocycles. The van der Waals surface area contributed by atoms with E-state index in [0.29, 0.717) is 11.6 Å². The van der Waals surface area contributed by atoms with Crippen LogP contribution < -0.4 is 4.74 Å². The number of pyridine rings is 1. The summed E-state index contributed by atoms with van der Waals surface area (Å²) in [5, 5.41) is 11.8. The summed E-state index contributed by atoms with van der Waals surface area (Å²) in [4.78, 5) is 4.43. The van der Waals surface area contributed by atoms with E-state index in [9.17, 15) is 5.11 Å². The maximum atomic E-state index is 9.69. The Labute approximate surface area is 107 Å². The Morgan fingerprint density at radius 3 is 2.56 bits per heavy atom. The quantitative estimate of drug-likeness (QED) is 0.901. The summed E-state index contributed by atoms with van der Waals surface area (Å²) in [5.41, 5.74) is 1.77. The lowest BCUT2D eigenvalue weighted by Crippen LogP contribution is -2.09. The molecule has 0 bridgehead atoms. The summed E-state index contributed by atoms with van der Waals surface area (Å²) in [7, 11) is 0. The van der Waals surface area contributed by atoms with Crippen LogP contribution in [0.15, 0.2) is 24.3 Å². The van der Waals surface area contributed by atoms with Crippen molar-refractivity contribution in [2.45, 2.75) is 39.9 Å². The minimum Gasteiger partial charge on any atom is -0.474 e. The van der Waals surface area contributed by atoms with Gasteiger partial charge < -0.3 is 9.84 Å². The van der Waals surface area contributed by atoms with Crippen LogP contribution in [0.25, 0.3) is 10.8 Å². The van der Waals surface area contributed by atoms with Gasteiger partial charge in [-0.1, -0.05) is 18.2 Å². The van der Waals surface area contributed by atoms with Crippen molar-refractivity contribution in [1.29, 1.82) is 0 Å². The minimum atomic E-state index is -0.593. The molecule has 2 rings (SSSR count). The molecule has 96 valence electrons. The van der Waals surface area contributed by atoms with Crippen molar-refractivity contribution < 1.29 is 9.84 Å². The van der Waals surface area contributed by atoms with Crippen LogP contribution in [0.2, 0.25) is 0 Å². The van der Waals surface area contributed by atoms with Crippen LogP contribution in [-0.4, -0.2) is 16.2 Å². The number of aryl methyl sites for hydroxylation is 1. The first-order chi connectivity index (χ1) is 8.49. The van der Waals surface area contributed by atoms with Gasteiger partial charge in [-0.05, 0) is 44.7 Å². The van der Waals surface area contributed by atoms with Crippen molar-refractivity contribution in [2.24, 2.45) is 0 Å². The van der Waals surface area contributed by atoms with Crippen molar-refractivity contribution >= 4 is 10.8 Å². The molecule has 2 aromatic rings. The number of aliphatic hydroxyl groups excluding tert-OH is 1. The molecule has 18 heavy (non-hydrogen) atoms. The predicted octanol–water partition coefficient (Wildman–Crippen LogP) is 3.38. The van der Waals surface area contributed by atoms with Crippen LogP contribution in [0.1, 0.15) is 38.1 Å². The molecular weight excluding hydrogens is 226 g/mol. The first kappa shape index (κ1) is 12.8. The average Bonchev–Trinajstić information content (AvgIpc) is 2.27. The number of fused-ring (bicyclic) bond motifs is 1. The molecule has 0 amide bonds. The molecule has 0 aliphatic carbocycles. The van der Waals surface area contributed by atoms with Gasteiger partial charge in [0.25, 0.3) is 0 Å². The van der Waals surface area contributed by atoms with Gasteiger partial charge in [-0.25, -0.2) is 4.98 Å². The van der Waals surface area contributed by atoms with Gasteiger partial charge in [0.1, 0.15) is 0 Å². The molecule has 1 N–H and O–H groups in total. The van der Waals surface area contributed by atoms with Crippen LogP contribution in [0.4, 0.5) is 0 Å². The summed E-state index contributed by atoms with van der Waals surface area (Å²) in [6.07, 6.45) is -0.533. The van der Waals surface area contributed by atoms with Crippen LogP contribution in [0.3, 0.4) is 0 Å². The fraction of sp³-hybridized carbons (Fsp3) is 0.400. The second-order valence-corrected chi connectivity index (χ2v) is 4.87. The number of rotatable bonds is 3. The summed E-state index contributed by atoms with van der Waals surface area (Å²) < 4.78 is 5.78. The predicted molar refractivity (Wildman–Crippen MR) is 72.9 cm³/mol. The molecule has 1 aromatic carbocycles. The Morgan fingerprint density at radius 2 is 1.94 bits per heavy atom. The lowest BCUT2D eigenvalue weighted by atomic mass is 10.1. The van der Waals surface area contributed by atoms with E-state index in [4.69, 9.17) is 4.74 Å². The average molecular weight is 245 g/mol. The molecule has 0 saturated carbocycles. The SMILES string of the molecule is Cc1cccc2cc(C(C)O)nc(OC(C)C)c12. The number of hydrogen-bond donors (Lipinski definition) is 1. The molecular formula is C15H19NO2. The zero-order valence-corrected chi connectivity index (χ0v) is 11.3. The van der Waals surface area contributed by atoms with Crippen molar-refractivity contribution in [2.75, 3.05) is 0 Å². The highest BCUT2D eigenvalue weighted by atomic mass is 16.5. The highest BCUT2D eigenvalue weighted by molar-refractivity contribution is 5.90. The van der Waals surface area contributed by atoms with Crippen molar-refractivity contribution in [3.63, 3.8) is 0 Å². The molecule has 0 saturated heterocycles. The molecule has 1 unspecified atom stereocenters. The second kappa shape index (κ2) is 4.94. The van der Waals surface area contributed by atoms with E-state index in [1.807, 2.05) is 45.0 Å². The highest BCUT2D eigenvalue weighted by Crippen LogP contribution is 2.30. The van der Waals surface area contributed by atoms with E-state index < -0.39 is 6.10 Å². The van der Waals surface area contributed by atoms with Gasteiger partial charge in [0.2, 0.25) is 5.88 Å². The Hall–Kier alpha value is -1.61. The maximum absolute atomic E-state index is 9.69. The number of hydrogen-bond acceptors (Lipinski definition) is 3. The molecule has 0 aliphatic heterocycles. The summed E-state index contributed by atoms with van der Waals surface area (Å²) in [6, 6.07) is 7.98. The minimum absolute atomic E-state index is 0.0598. The molecule has 0 radical (unpaired) electrons. The number of benzene rings is 1. The van der Waals surface area contributed by atoms with Crippen LogP contribution in [0, 0.1) is 6.92 Å². The number of nitrogens with zero attached hydrogens (tertiary/aromatic N) is 1. The monoisotopic (exact) mass is 245 g/mol. The third-order valence-electron chi connectivity index (χ3n) is 2.83. The number of aliphatic hydroxyl groups is 1. The Bertz CT molecular complexity index is 562. The van der Waals surface area contributed by atoms with Gasteiger partial charge >= 0.3 is 0 Å². The van der Waals surface area contributed by atoms with Crippen LogP contribution in [-0.2, 0) is 0 Å². The first-order valence-corrected chi connectivity index (χ1v) is 6.24.